The van der Waals surface area contributed by atoms with Crippen LogP contribution in [0, 0.1) is 11.8 Å². The van der Waals surface area contributed by atoms with Crippen LogP contribution in [0.5, 0.6) is 0 Å². The summed E-state index contributed by atoms with van der Waals surface area (Å²) < 4.78 is 0. The molecule has 0 saturated carbocycles. The number of hydrogen-bond donors (Lipinski definition) is 2. The van der Waals surface area contributed by atoms with E-state index in [1.807, 2.05) is 0 Å². The van der Waals surface area contributed by atoms with Crippen LogP contribution in [-0.2, 0) is 0 Å². The van der Waals surface area contributed by atoms with Gasteiger partial charge in [-0.1, -0.05) is 0 Å². The van der Waals surface area contributed by atoms with Gasteiger partial charge in [-0.15, -0.1) is 0 Å². The number of aliphatic hydroxyl groups is 1. The van der Waals surface area contributed by atoms with Crippen molar-refractivity contribution in [2.24, 2.45) is 11.8 Å². The monoisotopic (exact) mass is 226 g/mol. The average Bonchev–Trinajstić information content (AvgIpc) is 2.33. The van der Waals surface area contributed by atoms with Gasteiger partial charge >= 0.3 is 0 Å². The third-order valence-corrected chi connectivity index (χ3v) is 4.25. The first-order chi connectivity index (χ1) is 7.88. The van der Waals surface area contributed by atoms with E-state index >= 15 is 0 Å². The van der Waals surface area contributed by atoms with E-state index in [0.29, 0.717) is 6.61 Å². The SMILES string of the molecule is OCCN1CCC(CC2CCNCC2)CC1. The van der Waals surface area contributed by atoms with Gasteiger partial charge in [0.25, 0.3) is 0 Å². The van der Waals surface area contributed by atoms with Crippen molar-refractivity contribution < 1.29 is 5.11 Å². The predicted octanol–water partition coefficient (Wildman–Crippen LogP) is 1.08. The highest BCUT2D eigenvalue weighted by molar-refractivity contribution is 4.77. The number of piperidine rings is 2. The maximum atomic E-state index is 8.90. The van der Waals surface area contributed by atoms with Crippen LogP contribution in [0.3, 0.4) is 0 Å². The Hall–Kier alpha value is -0.120. The topological polar surface area (TPSA) is 35.5 Å². The number of nitrogens with zero attached hydrogens (tertiary/aromatic N) is 1. The lowest BCUT2D eigenvalue weighted by molar-refractivity contribution is 0.133. The van der Waals surface area contributed by atoms with Gasteiger partial charge in [0.1, 0.15) is 0 Å². The van der Waals surface area contributed by atoms with Crippen molar-refractivity contribution in [2.45, 2.75) is 32.1 Å². The number of likely N-dealkylation sites (tertiary alicyclic amines) is 1. The molecule has 0 aromatic heterocycles. The van der Waals surface area contributed by atoms with Gasteiger partial charge in [-0.2, -0.15) is 0 Å². The molecule has 2 N–H and O–H groups in total. The molecule has 3 heteroatoms. The maximum absolute atomic E-state index is 8.90. The van der Waals surface area contributed by atoms with E-state index < -0.39 is 0 Å². The fourth-order valence-electron chi connectivity index (χ4n) is 3.18. The largest absolute Gasteiger partial charge is 0.395 e. The van der Waals surface area contributed by atoms with E-state index in [-0.39, 0.29) is 0 Å². The molecule has 2 rings (SSSR count). The predicted molar refractivity (Wildman–Crippen MR) is 66.5 cm³/mol. The first kappa shape index (κ1) is 12.3. The van der Waals surface area contributed by atoms with Crippen LogP contribution < -0.4 is 5.32 Å². The Bertz CT molecular complexity index is 184. The summed E-state index contributed by atoms with van der Waals surface area (Å²) in [6.07, 6.45) is 6.93. The summed E-state index contributed by atoms with van der Waals surface area (Å²) in [5, 5.41) is 12.3. The van der Waals surface area contributed by atoms with Crippen molar-refractivity contribution in [1.29, 1.82) is 0 Å². The van der Waals surface area contributed by atoms with Gasteiger partial charge < -0.3 is 15.3 Å². The smallest absolute Gasteiger partial charge is 0.0558 e. The molecular formula is C13H26N2O. The molecule has 2 aliphatic heterocycles. The standard InChI is InChI=1S/C13H26N2O/c16-10-9-15-7-3-13(4-8-15)11-12-1-5-14-6-2-12/h12-14,16H,1-11H2. The van der Waals surface area contributed by atoms with Crippen LogP contribution >= 0.6 is 0 Å². The Balaban J connectivity index is 1.64. The molecule has 0 bridgehead atoms. The lowest BCUT2D eigenvalue weighted by atomic mass is 9.83. The summed E-state index contributed by atoms with van der Waals surface area (Å²) in [6.45, 7) is 6.06. The van der Waals surface area contributed by atoms with Crippen molar-refractivity contribution >= 4 is 0 Å². The van der Waals surface area contributed by atoms with Gasteiger partial charge in [0.15, 0.2) is 0 Å². The Labute approximate surface area is 99.2 Å². The third-order valence-electron chi connectivity index (χ3n) is 4.25. The molecule has 2 aliphatic rings. The van der Waals surface area contributed by atoms with Crippen LogP contribution in [0.15, 0.2) is 0 Å². The summed E-state index contributed by atoms with van der Waals surface area (Å²) in [6, 6.07) is 0. The summed E-state index contributed by atoms with van der Waals surface area (Å²) in [5.74, 6) is 1.94. The first-order valence-corrected chi connectivity index (χ1v) is 6.92. The number of rotatable bonds is 4. The van der Waals surface area contributed by atoms with Crippen molar-refractivity contribution in [1.82, 2.24) is 10.2 Å². The summed E-state index contributed by atoms with van der Waals surface area (Å²) >= 11 is 0. The molecule has 0 spiro atoms. The summed E-state index contributed by atoms with van der Waals surface area (Å²) in [7, 11) is 0. The number of nitrogens with one attached hydrogen (secondary N) is 1. The second-order valence-corrected chi connectivity index (χ2v) is 5.44. The first-order valence-electron chi connectivity index (χ1n) is 6.92. The molecule has 0 radical (unpaired) electrons. The molecule has 0 aromatic rings. The summed E-state index contributed by atoms with van der Waals surface area (Å²) in [4.78, 5) is 2.40. The highest BCUT2D eigenvalue weighted by Gasteiger charge is 2.22. The number of β-amino-alcohol motifs (C(OH)–C–C–N with tert-alkyl or cyclic N) is 1. The molecule has 2 saturated heterocycles. The van der Waals surface area contributed by atoms with Crippen LogP contribution in [-0.4, -0.2) is 49.3 Å². The summed E-state index contributed by atoms with van der Waals surface area (Å²) in [5.41, 5.74) is 0. The molecule has 0 aromatic carbocycles. The zero-order valence-corrected chi connectivity index (χ0v) is 10.3. The minimum absolute atomic E-state index is 0.318. The lowest BCUT2D eigenvalue weighted by Gasteiger charge is -2.34. The van der Waals surface area contributed by atoms with E-state index in [1.165, 1.54) is 58.3 Å². The van der Waals surface area contributed by atoms with Crippen molar-refractivity contribution in [3.63, 3.8) is 0 Å². The zero-order chi connectivity index (χ0) is 11.2. The molecule has 3 nitrogen and oxygen atoms in total. The van der Waals surface area contributed by atoms with Gasteiger partial charge in [-0.3, -0.25) is 0 Å². The van der Waals surface area contributed by atoms with E-state index in [1.54, 1.807) is 0 Å². The zero-order valence-electron chi connectivity index (χ0n) is 10.3. The van der Waals surface area contributed by atoms with Crippen LogP contribution in [0.4, 0.5) is 0 Å². The van der Waals surface area contributed by atoms with Crippen LogP contribution in [0.25, 0.3) is 0 Å². The molecule has 0 amide bonds. The Morgan fingerprint density at radius 2 is 1.62 bits per heavy atom. The molecule has 16 heavy (non-hydrogen) atoms. The second-order valence-electron chi connectivity index (χ2n) is 5.44. The molecule has 94 valence electrons. The van der Waals surface area contributed by atoms with Gasteiger partial charge in [0.05, 0.1) is 6.61 Å². The van der Waals surface area contributed by atoms with E-state index in [9.17, 15) is 0 Å². The lowest BCUT2D eigenvalue weighted by Crippen LogP contribution is -2.37. The number of hydrogen-bond acceptors (Lipinski definition) is 3. The Kier molecular flexibility index (Phi) is 5.07. The van der Waals surface area contributed by atoms with E-state index in [4.69, 9.17) is 5.11 Å². The number of aliphatic hydroxyl groups excluding tert-OH is 1. The van der Waals surface area contributed by atoms with Crippen molar-refractivity contribution in [2.75, 3.05) is 39.3 Å². The molecular weight excluding hydrogens is 200 g/mol. The minimum Gasteiger partial charge on any atom is -0.395 e. The second kappa shape index (κ2) is 6.58. The van der Waals surface area contributed by atoms with Crippen molar-refractivity contribution in [3.05, 3.63) is 0 Å². The average molecular weight is 226 g/mol. The molecule has 2 fully saturated rings. The van der Waals surface area contributed by atoms with Crippen LogP contribution in [0.1, 0.15) is 32.1 Å². The van der Waals surface area contributed by atoms with Gasteiger partial charge in [-0.25, -0.2) is 0 Å². The fourth-order valence-corrected chi connectivity index (χ4v) is 3.18. The van der Waals surface area contributed by atoms with Gasteiger partial charge in [0.2, 0.25) is 0 Å². The van der Waals surface area contributed by atoms with Gasteiger partial charge in [0, 0.05) is 6.54 Å². The molecule has 0 aliphatic carbocycles. The molecule has 0 atom stereocenters. The van der Waals surface area contributed by atoms with Crippen molar-refractivity contribution in [3.8, 4) is 0 Å². The Morgan fingerprint density at radius 3 is 2.25 bits per heavy atom. The van der Waals surface area contributed by atoms with E-state index in [0.717, 1.165) is 18.4 Å². The minimum atomic E-state index is 0.318. The highest BCUT2D eigenvalue weighted by Crippen LogP contribution is 2.28. The molecule has 0 unspecified atom stereocenters. The van der Waals surface area contributed by atoms with Gasteiger partial charge in [-0.05, 0) is 70.1 Å². The quantitative estimate of drug-likeness (QED) is 0.753. The van der Waals surface area contributed by atoms with E-state index in [2.05, 4.69) is 10.2 Å². The maximum Gasteiger partial charge on any atom is 0.0558 e. The van der Waals surface area contributed by atoms with Crippen LogP contribution in [0.2, 0.25) is 0 Å². The molecule has 2 heterocycles. The Morgan fingerprint density at radius 1 is 1.00 bits per heavy atom. The third kappa shape index (κ3) is 3.72. The fraction of sp³-hybridized carbons (Fsp3) is 1.00. The highest BCUT2D eigenvalue weighted by atomic mass is 16.3. The normalized spacial score (nSPS) is 26.1.